The van der Waals surface area contributed by atoms with Crippen molar-refractivity contribution in [2.45, 2.75) is 19.6 Å². The van der Waals surface area contributed by atoms with Crippen LogP contribution in [0.5, 0.6) is 11.5 Å². The Labute approximate surface area is 188 Å². The van der Waals surface area contributed by atoms with Gasteiger partial charge in [0.25, 0.3) is 0 Å². The van der Waals surface area contributed by atoms with Crippen LogP contribution in [-0.4, -0.2) is 33.2 Å². The van der Waals surface area contributed by atoms with Gasteiger partial charge in [-0.2, -0.15) is 0 Å². The number of rotatable bonds is 10. The van der Waals surface area contributed by atoms with Crippen LogP contribution in [0.4, 0.5) is 5.69 Å². The molecule has 1 atom stereocenters. The molecule has 2 N–H and O–H groups in total. The topological polar surface area (TPSA) is 98.9 Å². The number of hydrogen-bond donors (Lipinski definition) is 1. The largest absolute Gasteiger partial charge is 0.457 e. The second-order valence-electron chi connectivity index (χ2n) is 7.39. The number of sulfonamides is 1. The Morgan fingerprint density at radius 3 is 2.03 bits per heavy atom. The van der Waals surface area contributed by atoms with Crippen molar-refractivity contribution in [1.82, 2.24) is 0 Å². The maximum atomic E-state index is 12.5. The summed E-state index contributed by atoms with van der Waals surface area (Å²) < 4.78 is 37.5. The van der Waals surface area contributed by atoms with Gasteiger partial charge >= 0.3 is 0 Å². The molecular formula is C24H26N2O5S. The predicted molar refractivity (Wildman–Crippen MR) is 124 cm³/mol. The fraction of sp³-hybridized carbons (Fsp3) is 0.208. The third kappa shape index (κ3) is 6.57. The predicted octanol–water partition coefficient (Wildman–Crippen LogP) is 3.62. The van der Waals surface area contributed by atoms with E-state index >= 15 is 0 Å². The molecule has 0 fully saturated rings. The van der Waals surface area contributed by atoms with E-state index in [4.69, 9.17) is 15.2 Å². The number of anilines is 1. The van der Waals surface area contributed by atoms with E-state index in [1.807, 2.05) is 61.5 Å². The van der Waals surface area contributed by atoms with Gasteiger partial charge < -0.3 is 15.2 Å². The number of ether oxygens (including phenoxy) is 2. The first-order chi connectivity index (χ1) is 15.2. The van der Waals surface area contributed by atoms with E-state index in [0.717, 1.165) is 21.7 Å². The summed E-state index contributed by atoms with van der Waals surface area (Å²) in [6.07, 6.45) is -0.0488. The molecule has 3 rings (SSSR count). The second-order valence-corrected chi connectivity index (χ2v) is 9.30. The highest BCUT2D eigenvalue weighted by Crippen LogP contribution is 2.26. The number of nitrogens with two attached hydrogens (primary N) is 1. The van der Waals surface area contributed by atoms with Crippen molar-refractivity contribution in [1.29, 1.82) is 0 Å². The Hall–Kier alpha value is -3.36. The molecule has 0 saturated carbocycles. The molecule has 0 unspecified atom stereocenters. The summed E-state index contributed by atoms with van der Waals surface area (Å²) in [6.45, 7) is 1.88. The number of amides is 1. The molecule has 0 saturated heterocycles. The molecular weight excluding hydrogens is 428 g/mol. The molecule has 3 aromatic rings. The molecule has 0 aliphatic rings. The number of aryl methyl sites for hydroxylation is 1. The van der Waals surface area contributed by atoms with E-state index in [1.165, 1.54) is 0 Å². The van der Waals surface area contributed by atoms with Crippen molar-refractivity contribution in [3.8, 4) is 11.5 Å². The van der Waals surface area contributed by atoms with E-state index in [-0.39, 0.29) is 13.2 Å². The van der Waals surface area contributed by atoms with Crippen LogP contribution < -0.4 is 14.8 Å². The first-order valence-corrected chi connectivity index (χ1v) is 11.8. The third-order valence-electron chi connectivity index (χ3n) is 4.72. The number of primary amides is 1. The molecule has 0 aromatic heterocycles. The maximum Gasteiger partial charge on any atom is 0.248 e. The van der Waals surface area contributed by atoms with Crippen LogP contribution in [0.1, 0.15) is 11.1 Å². The van der Waals surface area contributed by atoms with E-state index in [1.54, 1.807) is 24.3 Å². The zero-order chi connectivity index (χ0) is 23.1. The summed E-state index contributed by atoms with van der Waals surface area (Å²) in [7, 11) is -3.70. The van der Waals surface area contributed by atoms with Gasteiger partial charge in [0.2, 0.25) is 15.9 Å². The zero-order valence-electron chi connectivity index (χ0n) is 18.0. The third-order valence-corrected chi connectivity index (χ3v) is 5.89. The van der Waals surface area contributed by atoms with Crippen LogP contribution in [-0.2, 0) is 26.2 Å². The fourth-order valence-corrected chi connectivity index (χ4v) is 3.91. The summed E-state index contributed by atoms with van der Waals surface area (Å²) in [6, 6.07) is 23.4. The summed E-state index contributed by atoms with van der Waals surface area (Å²) in [5.41, 5.74) is 7.83. The minimum atomic E-state index is -3.70. The second kappa shape index (κ2) is 10.3. The van der Waals surface area contributed by atoms with Crippen molar-refractivity contribution in [2.75, 3.05) is 17.1 Å². The molecule has 3 aromatic carbocycles. The molecule has 8 heteroatoms. The number of carbonyl (C=O) groups excluding carboxylic acids is 1. The standard InChI is InChI=1S/C24H26N2O5S/c1-18-8-12-21(13-9-18)31-22-14-10-20(11-15-22)26(32(2,28)29)16-23(24(25)27)30-17-19-6-4-3-5-7-19/h3-15,23H,16-17H2,1-2H3,(H2,25,27)/t23-/m1/s1. The highest BCUT2D eigenvalue weighted by atomic mass is 32.2. The number of hydrogen-bond acceptors (Lipinski definition) is 5. The fourth-order valence-electron chi connectivity index (χ4n) is 3.00. The molecule has 0 heterocycles. The number of nitrogens with zero attached hydrogens (tertiary/aromatic N) is 1. The first kappa shape index (κ1) is 23.3. The van der Waals surface area contributed by atoms with E-state index in [9.17, 15) is 13.2 Å². The monoisotopic (exact) mass is 454 g/mol. The number of benzene rings is 3. The quantitative estimate of drug-likeness (QED) is 0.504. The van der Waals surface area contributed by atoms with E-state index in [0.29, 0.717) is 17.2 Å². The highest BCUT2D eigenvalue weighted by Gasteiger charge is 2.26. The van der Waals surface area contributed by atoms with Gasteiger partial charge in [-0.3, -0.25) is 9.10 Å². The normalized spacial score (nSPS) is 12.2. The van der Waals surface area contributed by atoms with Crippen LogP contribution in [0.2, 0.25) is 0 Å². The summed E-state index contributed by atoms with van der Waals surface area (Å²) >= 11 is 0. The Morgan fingerprint density at radius 2 is 1.50 bits per heavy atom. The molecule has 0 bridgehead atoms. The summed E-state index contributed by atoms with van der Waals surface area (Å²) in [5.74, 6) is 0.484. The SMILES string of the molecule is Cc1ccc(Oc2ccc(N(C[C@@H](OCc3ccccc3)C(N)=O)S(C)(=O)=O)cc2)cc1. The lowest BCUT2D eigenvalue weighted by Gasteiger charge is -2.26. The van der Waals surface area contributed by atoms with Gasteiger partial charge in [-0.05, 0) is 48.9 Å². The number of carbonyl (C=O) groups is 1. The average Bonchev–Trinajstić information content (AvgIpc) is 2.76. The Morgan fingerprint density at radius 1 is 0.938 bits per heavy atom. The zero-order valence-corrected chi connectivity index (χ0v) is 18.8. The molecule has 32 heavy (non-hydrogen) atoms. The average molecular weight is 455 g/mol. The molecule has 0 radical (unpaired) electrons. The first-order valence-electron chi connectivity index (χ1n) is 9.99. The maximum absolute atomic E-state index is 12.5. The van der Waals surface area contributed by atoms with Gasteiger partial charge in [-0.1, -0.05) is 48.0 Å². The van der Waals surface area contributed by atoms with E-state index in [2.05, 4.69) is 0 Å². The van der Waals surface area contributed by atoms with Gasteiger partial charge in [-0.25, -0.2) is 8.42 Å². The minimum Gasteiger partial charge on any atom is -0.457 e. The molecule has 1 amide bonds. The lowest BCUT2D eigenvalue weighted by atomic mass is 10.2. The molecule has 0 aliphatic carbocycles. The van der Waals surface area contributed by atoms with Crippen molar-refractivity contribution in [2.24, 2.45) is 5.73 Å². The highest BCUT2D eigenvalue weighted by molar-refractivity contribution is 7.92. The van der Waals surface area contributed by atoms with Gasteiger partial charge in [0.05, 0.1) is 25.1 Å². The Kier molecular flexibility index (Phi) is 7.50. The van der Waals surface area contributed by atoms with Crippen LogP contribution in [0.25, 0.3) is 0 Å². The lowest BCUT2D eigenvalue weighted by molar-refractivity contribution is -0.129. The van der Waals surface area contributed by atoms with Gasteiger partial charge in [0, 0.05) is 0 Å². The van der Waals surface area contributed by atoms with Crippen molar-refractivity contribution in [3.05, 3.63) is 90.0 Å². The summed E-state index contributed by atoms with van der Waals surface area (Å²) in [4.78, 5) is 12.0. The van der Waals surface area contributed by atoms with Crippen LogP contribution >= 0.6 is 0 Å². The molecule has 0 spiro atoms. The van der Waals surface area contributed by atoms with Gasteiger partial charge in [0.1, 0.15) is 11.5 Å². The van der Waals surface area contributed by atoms with Crippen LogP contribution in [0.15, 0.2) is 78.9 Å². The van der Waals surface area contributed by atoms with Crippen molar-refractivity contribution < 1.29 is 22.7 Å². The lowest BCUT2D eigenvalue weighted by Crippen LogP contribution is -2.44. The van der Waals surface area contributed by atoms with E-state index < -0.39 is 22.0 Å². The molecule has 168 valence electrons. The van der Waals surface area contributed by atoms with Crippen molar-refractivity contribution >= 4 is 21.6 Å². The smallest absolute Gasteiger partial charge is 0.248 e. The van der Waals surface area contributed by atoms with Gasteiger partial charge in [0.15, 0.2) is 6.10 Å². The van der Waals surface area contributed by atoms with Gasteiger partial charge in [-0.15, -0.1) is 0 Å². The minimum absolute atomic E-state index is 0.134. The Balaban J connectivity index is 1.74. The van der Waals surface area contributed by atoms with Crippen LogP contribution in [0.3, 0.4) is 0 Å². The van der Waals surface area contributed by atoms with Crippen LogP contribution in [0, 0.1) is 6.92 Å². The van der Waals surface area contributed by atoms with Crippen molar-refractivity contribution in [3.63, 3.8) is 0 Å². The molecule has 0 aliphatic heterocycles. The Bertz CT molecular complexity index is 1130. The molecule has 7 nitrogen and oxygen atoms in total. The summed E-state index contributed by atoms with van der Waals surface area (Å²) in [5, 5.41) is 0.